The molecule has 0 radical (unpaired) electrons. The first-order chi connectivity index (χ1) is 11.2. The van der Waals surface area contributed by atoms with Gasteiger partial charge in [0.05, 0.1) is 16.1 Å². The SMILES string of the molecule is Cc1n[nH]c2ccc(OS(=O)(=O)c3ccccc3S(C)(=O)=O)cc12. The van der Waals surface area contributed by atoms with E-state index >= 15 is 0 Å². The van der Waals surface area contributed by atoms with Gasteiger partial charge in [-0.05, 0) is 37.3 Å². The lowest BCUT2D eigenvalue weighted by Gasteiger charge is -2.10. The van der Waals surface area contributed by atoms with E-state index in [1.807, 2.05) is 0 Å². The van der Waals surface area contributed by atoms with E-state index in [2.05, 4.69) is 10.2 Å². The minimum Gasteiger partial charge on any atom is -0.379 e. The molecule has 1 N–H and O–H groups in total. The number of aromatic amines is 1. The van der Waals surface area contributed by atoms with Crippen LogP contribution in [0.5, 0.6) is 5.75 Å². The zero-order valence-corrected chi connectivity index (χ0v) is 14.5. The molecule has 126 valence electrons. The largest absolute Gasteiger partial charge is 0.379 e. The summed E-state index contributed by atoms with van der Waals surface area (Å²) in [5.74, 6) is 0.0790. The van der Waals surface area contributed by atoms with E-state index < -0.39 is 24.9 Å². The number of nitrogens with one attached hydrogen (secondary N) is 1. The first-order valence-electron chi connectivity index (χ1n) is 6.87. The second kappa shape index (κ2) is 5.60. The Labute approximate surface area is 139 Å². The smallest absolute Gasteiger partial charge is 0.340 e. The lowest BCUT2D eigenvalue weighted by Crippen LogP contribution is -2.14. The first-order valence-corrected chi connectivity index (χ1v) is 10.2. The summed E-state index contributed by atoms with van der Waals surface area (Å²) in [6.45, 7) is 1.77. The predicted octanol–water partition coefficient (Wildman–Crippen LogP) is 2.04. The van der Waals surface area contributed by atoms with Gasteiger partial charge in [0.15, 0.2) is 9.84 Å². The van der Waals surface area contributed by atoms with Crippen LogP contribution < -0.4 is 4.18 Å². The summed E-state index contributed by atoms with van der Waals surface area (Å²) in [6, 6.07) is 9.98. The molecule has 0 saturated heterocycles. The van der Waals surface area contributed by atoms with E-state index in [1.54, 1.807) is 13.0 Å². The van der Waals surface area contributed by atoms with E-state index in [9.17, 15) is 16.8 Å². The molecule has 1 heterocycles. The lowest BCUT2D eigenvalue weighted by atomic mass is 10.2. The van der Waals surface area contributed by atoms with Gasteiger partial charge in [-0.3, -0.25) is 5.10 Å². The molecule has 24 heavy (non-hydrogen) atoms. The van der Waals surface area contributed by atoms with Crippen LogP contribution in [0.25, 0.3) is 10.9 Å². The number of fused-ring (bicyclic) bond motifs is 1. The molecule has 0 spiro atoms. The van der Waals surface area contributed by atoms with Gasteiger partial charge in [0.2, 0.25) is 0 Å². The molecule has 9 heteroatoms. The fourth-order valence-electron chi connectivity index (χ4n) is 2.31. The van der Waals surface area contributed by atoms with Gasteiger partial charge in [-0.2, -0.15) is 13.5 Å². The van der Waals surface area contributed by atoms with Gasteiger partial charge in [-0.25, -0.2) is 8.42 Å². The van der Waals surface area contributed by atoms with Crippen LogP contribution >= 0.6 is 0 Å². The van der Waals surface area contributed by atoms with Crippen LogP contribution in [0.3, 0.4) is 0 Å². The van der Waals surface area contributed by atoms with Crippen molar-refractivity contribution in [1.29, 1.82) is 0 Å². The summed E-state index contributed by atoms with van der Waals surface area (Å²) in [7, 11) is -8.02. The van der Waals surface area contributed by atoms with E-state index in [4.69, 9.17) is 4.18 Å². The highest BCUT2D eigenvalue weighted by Gasteiger charge is 2.25. The quantitative estimate of drug-likeness (QED) is 0.708. The minimum absolute atomic E-state index is 0.0790. The van der Waals surface area contributed by atoms with Crippen molar-refractivity contribution >= 4 is 30.9 Å². The Morgan fingerprint density at radius 2 is 1.67 bits per heavy atom. The van der Waals surface area contributed by atoms with Crippen LogP contribution in [0.4, 0.5) is 0 Å². The Kier molecular flexibility index (Phi) is 3.84. The highest BCUT2D eigenvalue weighted by Crippen LogP contribution is 2.27. The van der Waals surface area contributed by atoms with Crippen molar-refractivity contribution in [3.8, 4) is 5.75 Å². The van der Waals surface area contributed by atoms with E-state index in [1.165, 1.54) is 36.4 Å². The van der Waals surface area contributed by atoms with Gasteiger partial charge < -0.3 is 4.18 Å². The predicted molar refractivity (Wildman–Crippen MR) is 88.2 cm³/mol. The van der Waals surface area contributed by atoms with Crippen molar-refractivity contribution in [3.05, 3.63) is 48.2 Å². The molecule has 7 nitrogen and oxygen atoms in total. The number of H-pyrrole nitrogens is 1. The maximum absolute atomic E-state index is 12.5. The number of aromatic nitrogens is 2. The summed E-state index contributed by atoms with van der Waals surface area (Å²) in [6.07, 6.45) is 0.947. The number of nitrogens with zero attached hydrogens (tertiary/aromatic N) is 1. The first kappa shape index (κ1) is 16.5. The molecule has 0 bridgehead atoms. The Hall–Kier alpha value is -2.39. The molecule has 0 aliphatic carbocycles. The second-order valence-corrected chi connectivity index (χ2v) is 8.77. The number of rotatable bonds is 4. The maximum atomic E-state index is 12.5. The van der Waals surface area contributed by atoms with Crippen LogP contribution in [0, 0.1) is 6.92 Å². The number of aryl methyl sites for hydroxylation is 1. The average molecular weight is 366 g/mol. The van der Waals surface area contributed by atoms with Crippen molar-refractivity contribution in [2.24, 2.45) is 0 Å². The van der Waals surface area contributed by atoms with Gasteiger partial charge >= 0.3 is 10.1 Å². The van der Waals surface area contributed by atoms with Crippen LogP contribution in [0.2, 0.25) is 0 Å². The molecule has 0 fully saturated rings. The van der Waals surface area contributed by atoms with Gasteiger partial charge in [0.25, 0.3) is 0 Å². The Morgan fingerprint density at radius 1 is 1.00 bits per heavy atom. The molecule has 0 aliphatic rings. The van der Waals surface area contributed by atoms with Crippen LogP contribution in [0.1, 0.15) is 5.69 Å². The molecular weight excluding hydrogens is 352 g/mol. The van der Waals surface area contributed by atoms with E-state index in [0.29, 0.717) is 5.69 Å². The highest BCUT2D eigenvalue weighted by molar-refractivity contribution is 7.92. The summed E-state index contributed by atoms with van der Waals surface area (Å²) >= 11 is 0. The third-order valence-corrected chi connectivity index (χ3v) is 6.04. The molecule has 2 aromatic carbocycles. The molecular formula is C15H14N2O5S2. The van der Waals surface area contributed by atoms with E-state index in [-0.39, 0.29) is 10.6 Å². The number of sulfone groups is 1. The number of benzene rings is 2. The van der Waals surface area contributed by atoms with Crippen molar-refractivity contribution in [2.45, 2.75) is 16.7 Å². The molecule has 0 saturated carbocycles. The average Bonchev–Trinajstić information content (AvgIpc) is 2.87. The number of hydrogen-bond donors (Lipinski definition) is 1. The third-order valence-electron chi connectivity index (χ3n) is 3.45. The summed E-state index contributed by atoms with van der Waals surface area (Å²) in [5.41, 5.74) is 1.44. The normalized spacial score (nSPS) is 12.4. The van der Waals surface area contributed by atoms with Gasteiger partial charge in [-0.15, -0.1) is 0 Å². The maximum Gasteiger partial charge on any atom is 0.340 e. The third kappa shape index (κ3) is 3.00. The van der Waals surface area contributed by atoms with Crippen LogP contribution in [0.15, 0.2) is 52.3 Å². The zero-order chi connectivity index (χ0) is 17.5. The van der Waals surface area contributed by atoms with E-state index in [0.717, 1.165) is 17.2 Å². The summed E-state index contributed by atoms with van der Waals surface area (Å²) in [5, 5.41) is 7.55. The van der Waals surface area contributed by atoms with Crippen molar-refractivity contribution in [1.82, 2.24) is 10.2 Å². The van der Waals surface area contributed by atoms with Gasteiger partial charge in [0, 0.05) is 11.6 Å². The Balaban J connectivity index is 2.07. The van der Waals surface area contributed by atoms with Crippen molar-refractivity contribution in [2.75, 3.05) is 6.26 Å². The second-order valence-electron chi connectivity index (χ2n) is 5.27. The number of hydrogen-bond acceptors (Lipinski definition) is 6. The molecule has 1 aromatic heterocycles. The summed E-state index contributed by atoms with van der Waals surface area (Å²) < 4.78 is 53.8. The Morgan fingerprint density at radius 3 is 2.33 bits per heavy atom. The van der Waals surface area contributed by atoms with Gasteiger partial charge in [0.1, 0.15) is 10.6 Å². The fourth-order valence-corrected chi connectivity index (χ4v) is 4.84. The molecule has 3 rings (SSSR count). The summed E-state index contributed by atoms with van der Waals surface area (Å²) in [4.78, 5) is -0.693. The molecule has 0 atom stereocenters. The minimum atomic E-state index is -4.30. The molecule has 3 aromatic rings. The highest BCUT2D eigenvalue weighted by atomic mass is 32.2. The van der Waals surface area contributed by atoms with Crippen LogP contribution in [-0.2, 0) is 20.0 Å². The molecule has 0 aliphatic heterocycles. The standard InChI is InChI=1S/C15H14N2O5S2/c1-10-12-9-11(7-8-13(12)17-16-10)22-24(20,21)15-6-4-3-5-14(15)23(2,18)19/h3-9H,1-2H3,(H,16,17). The molecule has 0 amide bonds. The topological polar surface area (TPSA) is 106 Å². The van der Waals surface area contributed by atoms with Crippen molar-refractivity contribution < 1.29 is 21.0 Å². The fraction of sp³-hybridized carbons (Fsp3) is 0.133. The molecule has 0 unspecified atom stereocenters. The van der Waals surface area contributed by atoms with Gasteiger partial charge in [-0.1, -0.05) is 12.1 Å². The van der Waals surface area contributed by atoms with Crippen molar-refractivity contribution in [3.63, 3.8) is 0 Å². The lowest BCUT2D eigenvalue weighted by molar-refractivity contribution is 0.483. The van der Waals surface area contributed by atoms with Crippen LogP contribution in [-0.4, -0.2) is 33.3 Å². The monoisotopic (exact) mass is 366 g/mol. The Bertz CT molecular complexity index is 1130. The zero-order valence-electron chi connectivity index (χ0n) is 12.8.